The minimum Gasteiger partial charge on any atom is -0.496 e. The van der Waals surface area contributed by atoms with Gasteiger partial charge in [0.15, 0.2) is 0 Å². The third kappa shape index (κ3) is 7.86. The first-order valence-electron chi connectivity index (χ1n) is 18.1. The second-order valence-electron chi connectivity index (χ2n) is 14.2. The number of likely N-dealkylation sites (tertiary alicyclic amines) is 1. The van der Waals surface area contributed by atoms with Crippen LogP contribution in [-0.2, 0) is 28.0 Å². The summed E-state index contributed by atoms with van der Waals surface area (Å²) in [5.74, 6) is -0.543. The highest BCUT2D eigenvalue weighted by atomic mass is 35.5. The minimum absolute atomic E-state index is 0.0530. The summed E-state index contributed by atoms with van der Waals surface area (Å²) in [6.07, 6.45) is 8.53. The molecule has 278 valence electrons. The van der Waals surface area contributed by atoms with Gasteiger partial charge in [0.05, 0.1) is 23.2 Å². The van der Waals surface area contributed by atoms with Gasteiger partial charge in [-0.3, -0.25) is 34.4 Å². The van der Waals surface area contributed by atoms with E-state index < -0.39 is 6.04 Å². The number of methoxy groups -OCH3 is 1. The number of ether oxygens (including phenoxy) is 1. The van der Waals surface area contributed by atoms with Gasteiger partial charge in [0, 0.05) is 93.6 Å². The Morgan fingerprint density at radius 2 is 1.79 bits per heavy atom. The molecule has 0 saturated carbocycles. The fraction of sp³-hybridized carbons (Fsp3) is 0.410. The fourth-order valence-corrected chi connectivity index (χ4v) is 7.99. The predicted molar refractivity (Wildman–Crippen MR) is 202 cm³/mol. The van der Waals surface area contributed by atoms with Crippen molar-refractivity contribution in [3.63, 3.8) is 0 Å². The maximum absolute atomic E-state index is 15.8. The van der Waals surface area contributed by atoms with Gasteiger partial charge in [-0.25, -0.2) is 4.39 Å². The summed E-state index contributed by atoms with van der Waals surface area (Å²) >= 11 is 6.66. The molecule has 3 aliphatic rings. The Morgan fingerprint density at radius 1 is 1.02 bits per heavy atom. The van der Waals surface area contributed by atoms with Crippen molar-refractivity contribution in [2.75, 3.05) is 43.5 Å². The lowest BCUT2D eigenvalue weighted by Gasteiger charge is -2.36. The third-order valence-corrected chi connectivity index (χ3v) is 11.0. The van der Waals surface area contributed by atoms with Gasteiger partial charge < -0.3 is 24.8 Å². The number of amides is 3. The number of aryl methyl sites for hydroxylation is 1. The van der Waals surface area contributed by atoms with Crippen molar-refractivity contribution in [2.45, 2.75) is 57.2 Å². The number of benzene rings is 2. The molecule has 0 spiro atoms. The van der Waals surface area contributed by atoms with Crippen LogP contribution in [0, 0.1) is 11.7 Å². The molecule has 0 radical (unpaired) electrons. The van der Waals surface area contributed by atoms with Crippen LogP contribution in [0.15, 0.2) is 59.8 Å². The Kier molecular flexibility index (Phi) is 10.7. The van der Waals surface area contributed by atoms with E-state index in [-0.39, 0.29) is 41.1 Å². The van der Waals surface area contributed by atoms with Crippen LogP contribution in [0.3, 0.4) is 0 Å². The summed E-state index contributed by atoms with van der Waals surface area (Å²) in [7, 11) is 3.20. The van der Waals surface area contributed by atoms with E-state index in [0.29, 0.717) is 96.8 Å². The van der Waals surface area contributed by atoms with Gasteiger partial charge in [0.1, 0.15) is 17.6 Å². The Morgan fingerprint density at radius 3 is 2.51 bits per heavy atom. The van der Waals surface area contributed by atoms with E-state index in [1.807, 2.05) is 18.2 Å². The summed E-state index contributed by atoms with van der Waals surface area (Å²) < 4.78 is 22.9. The lowest BCUT2D eigenvalue weighted by molar-refractivity contribution is -0.133. The van der Waals surface area contributed by atoms with Crippen LogP contribution in [0.25, 0.3) is 21.9 Å². The molecule has 4 aromatic rings. The Bertz CT molecular complexity index is 2110. The predicted octanol–water partition coefficient (Wildman–Crippen LogP) is 4.62. The molecule has 3 amide bonds. The molecule has 7 rings (SSSR count). The van der Waals surface area contributed by atoms with Gasteiger partial charge in [0.2, 0.25) is 17.7 Å². The molecule has 5 heterocycles. The number of nitrogens with one attached hydrogen (secondary N) is 3. The lowest BCUT2D eigenvalue weighted by atomic mass is 9.94. The molecule has 2 aromatic heterocycles. The zero-order valence-electron chi connectivity index (χ0n) is 29.8. The SMILES string of the molecule is COc1cc(-c2cn(C)c(=O)c3cnccc23)cc(F)c1CN1CCC(NC(=O)C2CCN(c3ccc(NC4CCC(=O)NC4=O)cc3Cl)CC2)CC1. The number of aromatic nitrogens is 2. The maximum Gasteiger partial charge on any atom is 0.259 e. The molecule has 3 saturated heterocycles. The quantitative estimate of drug-likeness (QED) is 0.210. The second-order valence-corrected chi connectivity index (χ2v) is 14.6. The number of carbonyl (C=O) groups is 3. The summed E-state index contributed by atoms with van der Waals surface area (Å²) in [5, 5.41) is 10.5. The van der Waals surface area contributed by atoms with Crippen molar-refractivity contribution >= 4 is 51.5 Å². The third-order valence-electron chi connectivity index (χ3n) is 10.7. The summed E-state index contributed by atoms with van der Waals surface area (Å²) in [6, 6.07) is 10.2. The van der Waals surface area contributed by atoms with Gasteiger partial charge >= 0.3 is 0 Å². The average Bonchev–Trinajstić information content (AvgIpc) is 3.16. The van der Waals surface area contributed by atoms with E-state index >= 15 is 4.39 Å². The first kappa shape index (κ1) is 36.4. The molecule has 2 aromatic carbocycles. The number of carbonyl (C=O) groups excluding carboxylic acids is 3. The Labute approximate surface area is 311 Å². The molecule has 3 fully saturated rings. The number of fused-ring (bicyclic) bond motifs is 1. The van der Waals surface area contributed by atoms with Crippen LogP contribution in [-0.4, -0.2) is 77.5 Å². The summed E-state index contributed by atoms with van der Waals surface area (Å²) in [4.78, 5) is 58.0. The summed E-state index contributed by atoms with van der Waals surface area (Å²) in [5.41, 5.74) is 3.23. The van der Waals surface area contributed by atoms with E-state index in [1.54, 1.807) is 31.6 Å². The van der Waals surface area contributed by atoms with Gasteiger partial charge in [-0.2, -0.15) is 0 Å². The van der Waals surface area contributed by atoms with Crippen LogP contribution in [0.2, 0.25) is 5.02 Å². The molecule has 1 atom stereocenters. The van der Waals surface area contributed by atoms with E-state index in [0.717, 1.165) is 24.1 Å². The van der Waals surface area contributed by atoms with Crippen molar-refractivity contribution in [1.82, 2.24) is 25.1 Å². The van der Waals surface area contributed by atoms with E-state index in [4.69, 9.17) is 16.3 Å². The molecule has 0 bridgehead atoms. The topological polar surface area (TPSA) is 138 Å². The second kappa shape index (κ2) is 15.5. The van der Waals surface area contributed by atoms with Crippen LogP contribution in [0.1, 0.15) is 44.1 Å². The smallest absolute Gasteiger partial charge is 0.259 e. The monoisotopic (exact) mass is 743 g/mol. The van der Waals surface area contributed by atoms with Crippen molar-refractivity contribution in [2.24, 2.45) is 13.0 Å². The van der Waals surface area contributed by atoms with Crippen molar-refractivity contribution in [3.8, 4) is 16.9 Å². The Hall–Kier alpha value is -5.01. The molecule has 3 aliphatic heterocycles. The first-order chi connectivity index (χ1) is 25.6. The Balaban J connectivity index is 0.903. The van der Waals surface area contributed by atoms with E-state index in [9.17, 15) is 19.2 Å². The molecule has 3 N–H and O–H groups in total. The highest BCUT2D eigenvalue weighted by Crippen LogP contribution is 2.35. The number of nitrogens with zero attached hydrogens (tertiary/aromatic N) is 4. The zero-order valence-corrected chi connectivity index (χ0v) is 30.5. The van der Waals surface area contributed by atoms with Gasteiger partial charge in [-0.05, 0) is 79.5 Å². The maximum atomic E-state index is 15.8. The number of rotatable bonds is 9. The molecule has 1 unspecified atom stereocenters. The number of imide groups is 1. The molecule has 14 heteroatoms. The normalized spacial score (nSPS) is 18.9. The number of halogens is 2. The first-order valence-corrected chi connectivity index (χ1v) is 18.4. The number of piperidine rings is 3. The fourth-order valence-electron chi connectivity index (χ4n) is 7.69. The molecule has 12 nitrogen and oxygen atoms in total. The standard InChI is InChI=1S/C39H43ClFN7O5/c1-46-21-29(27-7-12-42-20-28(27)39(46)52)24-17-32(41)30(35(18-24)53-2)22-47-13-10-25(11-14-47)44-37(50)23-8-15-48(16-9-23)34-5-3-26(19-31(34)40)43-33-4-6-36(49)45-38(33)51/h3,5,7,12,17-21,23,25,33,43H,4,6,8-11,13-16,22H2,1-2H3,(H,44,50)(H,45,49,51). The number of hydrogen-bond acceptors (Lipinski definition) is 9. The van der Waals surface area contributed by atoms with Gasteiger partial charge in [-0.1, -0.05) is 11.6 Å². The van der Waals surface area contributed by atoms with Crippen molar-refractivity contribution in [3.05, 3.63) is 81.7 Å². The van der Waals surface area contributed by atoms with Gasteiger partial charge in [0.25, 0.3) is 5.56 Å². The van der Waals surface area contributed by atoms with E-state index in [2.05, 4.69) is 30.7 Å². The minimum atomic E-state index is -0.486. The number of anilines is 2. The van der Waals surface area contributed by atoms with Crippen LogP contribution >= 0.6 is 11.6 Å². The van der Waals surface area contributed by atoms with Crippen LogP contribution < -0.4 is 31.1 Å². The van der Waals surface area contributed by atoms with Crippen LogP contribution in [0.4, 0.5) is 15.8 Å². The number of hydrogen-bond donors (Lipinski definition) is 3. The molecular weight excluding hydrogens is 701 g/mol. The highest BCUT2D eigenvalue weighted by Gasteiger charge is 2.30. The van der Waals surface area contributed by atoms with Crippen molar-refractivity contribution in [1.29, 1.82) is 0 Å². The van der Waals surface area contributed by atoms with Gasteiger partial charge in [-0.15, -0.1) is 0 Å². The molecule has 53 heavy (non-hydrogen) atoms. The van der Waals surface area contributed by atoms with Crippen LogP contribution in [0.5, 0.6) is 5.75 Å². The molecular formula is C39H43ClFN7O5. The van der Waals surface area contributed by atoms with E-state index in [1.165, 1.54) is 23.9 Å². The largest absolute Gasteiger partial charge is 0.496 e. The average molecular weight is 744 g/mol. The number of pyridine rings is 2. The van der Waals surface area contributed by atoms with Crippen molar-refractivity contribution < 1.29 is 23.5 Å². The lowest BCUT2D eigenvalue weighted by Crippen LogP contribution is -2.48. The zero-order chi connectivity index (χ0) is 37.2. The summed E-state index contributed by atoms with van der Waals surface area (Å²) in [6.45, 7) is 3.18. The molecule has 0 aliphatic carbocycles. The highest BCUT2D eigenvalue weighted by molar-refractivity contribution is 6.33.